The third kappa shape index (κ3) is 4.49. The molecule has 0 aromatic rings. The second kappa shape index (κ2) is 7.63. The molecule has 3 N–H and O–H groups in total. The molecule has 0 saturated heterocycles. The van der Waals surface area contributed by atoms with Crippen molar-refractivity contribution in [2.45, 2.75) is 57.1 Å². The molecule has 16 heavy (non-hydrogen) atoms. The van der Waals surface area contributed by atoms with E-state index in [0.29, 0.717) is 6.54 Å². The summed E-state index contributed by atoms with van der Waals surface area (Å²) in [5.74, 6) is -0.0913. The van der Waals surface area contributed by atoms with Crippen molar-refractivity contribution in [3.8, 4) is 0 Å². The van der Waals surface area contributed by atoms with Crippen LogP contribution in [-0.4, -0.2) is 31.7 Å². The summed E-state index contributed by atoms with van der Waals surface area (Å²) < 4.78 is 5.46. The van der Waals surface area contributed by atoms with Crippen molar-refractivity contribution < 1.29 is 9.53 Å². The van der Waals surface area contributed by atoms with Crippen molar-refractivity contribution in [2.24, 2.45) is 5.73 Å². The summed E-state index contributed by atoms with van der Waals surface area (Å²) in [6, 6.07) is -0.160. The molecule has 0 aromatic heterocycles. The van der Waals surface area contributed by atoms with E-state index < -0.39 is 0 Å². The van der Waals surface area contributed by atoms with Crippen LogP contribution in [0.15, 0.2) is 0 Å². The summed E-state index contributed by atoms with van der Waals surface area (Å²) in [4.78, 5) is 11.8. The van der Waals surface area contributed by atoms with Gasteiger partial charge in [-0.15, -0.1) is 0 Å². The van der Waals surface area contributed by atoms with Gasteiger partial charge in [-0.2, -0.15) is 0 Å². The summed E-state index contributed by atoms with van der Waals surface area (Å²) in [5.41, 5.74) is 5.43. The molecule has 0 spiro atoms. The van der Waals surface area contributed by atoms with Gasteiger partial charge < -0.3 is 15.8 Å². The summed E-state index contributed by atoms with van der Waals surface area (Å²) in [7, 11) is 1.81. The molecule has 1 unspecified atom stereocenters. The first-order chi connectivity index (χ1) is 7.77. The minimum Gasteiger partial charge on any atom is -0.461 e. The fourth-order valence-electron chi connectivity index (χ4n) is 2.13. The van der Waals surface area contributed by atoms with E-state index in [9.17, 15) is 4.79 Å². The van der Waals surface area contributed by atoms with E-state index in [1.807, 2.05) is 7.05 Å². The first-order valence-electron chi connectivity index (χ1n) is 6.35. The fraction of sp³-hybridized carbons (Fsp3) is 0.917. The first kappa shape index (κ1) is 13.5. The zero-order valence-corrected chi connectivity index (χ0v) is 10.2. The summed E-state index contributed by atoms with van der Waals surface area (Å²) in [6.07, 6.45) is 7.37. The van der Waals surface area contributed by atoms with Crippen LogP contribution < -0.4 is 11.1 Å². The van der Waals surface area contributed by atoms with Gasteiger partial charge in [0.25, 0.3) is 0 Å². The molecule has 0 aromatic carbocycles. The summed E-state index contributed by atoms with van der Waals surface area (Å²) >= 11 is 0. The first-order valence-corrected chi connectivity index (χ1v) is 6.35. The molecular weight excluding hydrogens is 204 g/mol. The average Bonchev–Trinajstić information content (AvgIpc) is 2.77. The van der Waals surface area contributed by atoms with Gasteiger partial charge in [0, 0.05) is 0 Å². The average molecular weight is 228 g/mol. The van der Waals surface area contributed by atoms with Crippen molar-refractivity contribution >= 4 is 5.97 Å². The van der Waals surface area contributed by atoms with E-state index in [0.717, 1.165) is 32.1 Å². The SMILES string of the molecule is CNC(CCCCN)C(=O)OC1CCCC1. The van der Waals surface area contributed by atoms with Crippen molar-refractivity contribution in [1.29, 1.82) is 0 Å². The molecule has 1 atom stereocenters. The maximum Gasteiger partial charge on any atom is 0.323 e. The smallest absolute Gasteiger partial charge is 0.323 e. The molecule has 4 nitrogen and oxygen atoms in total. The van der Waals surface area contributed by atoms with Gasteiger partial charge in [-0.25, -0.2) is 0 Å². The zero-order chi connectivity index (χ0) is 11.8. The van der Waals surface area contributed by atoms with Gasteiger partial charge in [0.1, 0.15) is 12.1 Å². The normalized spacial score (nSPS) is 18.6. The van der Waals surface area contributed by atoms with Crippen LogP contribution >= 0.6 is 0 Å². The molecule has 0 heterocycles. The number of nitrogens with two attached hydrogens (primary N) is 1. The van der Waals surface area contributed by atoms with Gasteiger partial charge >= 0.3 is 5.97 Å². The molecule has 0 bridgehead atoms. The van der Waals surface area contributed by atoms with Gasteiger partial charge in [0.05, 0.1) is 0 Å². The van der Waals surface area contributed by atoms with Crippen LogP contribution in [0.2, 0.25) is 0 Å². The molecule has 94 valence electrons. The van der Waals surface area contributed by atoms with E-state index in [1.54, 1.807) is 0 Å². The highest BCUT2D eigenvalue weighted by atomic mass is 16.5. The number of hydrogen-bond donors (Lipinski definition) is 2. The third-order valence-corrected chi connectivity index (χ3v) is 3.16. The second-order valence-corrected chi connectivity index (χ2v) is 4.47. The quantitative estimate of drug-likeness (QED) is 0.507. The monoisotopic (exact) mass is 228 g/mol. The molecule has 1 rings (SSSR count). The van der Waals surface area contributed by atoms with Crippen LogP contribution in [0.25, 0.3) is 0 Å². The Kier molecular flexibility index (Phi) is 6.42. The molecular formula is C12H24N2O2. The maximum atomic E-state index is 11.8. The van der Waals surface area contributed by atoms with E-state index in [2.05, 4.69) is 5.32 Å². The third-order valence-electron chi connectivity index (χ3n) is 3.16. The lowest BCUT2D eigenvalue weighted by Gasteiger charge is -2.18. The van der Waals surface area contributed by atoms with Crippen molar-refractivity contribution in [3.63, 3.8) is 0 Å². The van der Waals surface area contributed by atoms with Gasteiger partial charge in [0.2, 0.25) is 0 Å². The largest absolute Gasteiger partial charge is 0.461 e. The molecule has 4 heteroatoms. The lowest BCUT2D eigenvalue weighted by Crippen LogP contribution is -2.37. The Morgan fingerprint density at radius 2 is 2.12 bits per heavy atom. The molecule has 1 saturated carbocycles. The topological polar surface area (TPSA) is 64.3 Å². The number of rotatable bonds is 7. The Morgan fingerprint density at radius 3 is 2.69 bits per heavy atom. The number of nitrogens with one attached hydrogen (secondary N) is 1. The highest BCUT2D eigenvalue weighted by Gasteiger charge is 2.23. The Hall–Kier alpha value is -0.610. The van der Waals surface area contributed by atoms with Gasteiger partial charge in [-0.1, -0.05) is 6.42 Å². The zero-order valence-electron chi connectivity index (χ0n) is 10.2. The molecule has 0 radical (unpaired) electrons. The number of hydrogen-bond acceptors (Lipinski definition) is 4. The highest BCUT2D eigenvalue weighted by molar-refractivity contribution is 5.75. The Bertz CT molecular complexity index is 203. The fourth-order valence-corrected chi connectivity index (χ4v) is 2.13. The van der Waals surface area contributed by atoms with E-state index in [4.69, 9.17) is 10.5 Å². The van der Waals surface area contributed by atoms with Gasteiger partial charge in [-0.05, 0) is 52.1 Å². The van der Waals surface area contributed by atoms with E-state index in [-0.39, 0.29) is 18.1 Å². The lowest BCUT2D eigenvalue weighted by molar-refractivity contribution is -0.151. The number of likely N-dealkylation sites (N-methyl/N-ethyl adjacent to an activating group) is 1. The van der Waals surface area contributed by atoms with E-state index in [1.165, 1.54) is 12.8 Å². The standard InChI is InChI=1S/C12H24N2O2/c1-14-11(8-4-5-9-13)12(15)16-10-6-2-3-7-10/h10-11,14H,2-9,13H2,1H3. The Morgan fingerprint density at radius 1 is 1.44 bits per heavy atom. The van der Waals surface area contributed by atoms with Crippen molar-refractivity contribution in [3.05, 3.63) is 0 Å². The molecule has 1 fully saturated rings. The Labute approximate surface area is 97.9 Å². The van der Waals surface area contributed by atoms with Crippen molar-refractivity contribution in [2.75, 3.05) is 13.6 Å². The summed E-state index contributed by atoms with van der Waals surface area (Å²) in [6.45, 7) is 0.689. The van der Waals surface area contributed by atoms with Crippen LogP contribution in [0.4, 0.5) is 0 Å². The minimum absolute atomic E-state index is 0.0913. The predicted octanol–water partition coefficient (Wildman–Crippen LogP) is 1.19. The summed E-state index contributed by atoms with van der Waals surface area (Å²) in [5, 5.41) is 3.02. The number of ether oxygens (including phenoxy) is 1. The van der Waals surface area contributed by atoms with Crippen molar-refractivity contribution in [1.82, 2.24) is 5.32 Å². The van der Waals surface area contributed by atoms with Crippen LogP contribution in [0.3, 0.4) is 0 Å². The van der Waals surface area contributed by atoms with Crippen LogP contribution in [0, 0.1) is 0 Å². The number of esters is 1. The molecule has 0 amide bonds. The van der Waals surface area contributed by atoms with E-state index >= 15 is 0 Å². The number of unbranched alkanes of at least 4 members (excludes halogenated alkanes) is 1. The molecule has 0 aliphatic heterocycles. The van der Waals surface area contributed by atoms with Crippen LogP contribution in [0.1, 0.15) is 44.9 Å². The number of carbonyl (C=O) groups excluding carboxylic acids is 1. The lowest BCUT2D eigenvalue weighted by atomic mass is 10.1. The van der Waals surface area contributed by atoms with Crippen LogP contribution in [-0.2, 0) is 9.53 Å². The van der Waals surface area contributed by atoms with Gasteiger partial charge in [0.15, 0.2) is 0 Å². The van der Waals surface area contributed by atoms with Gasteiger partial charge in [-0.3, -0.25) is 4.79 Å². The second-order valence-electron chi connectivity index (χ2n) is 4.47. The maximum absolute atomic E-state index is 11.8. The Balaban J connectivity index is 2.24. The highest BCUT2D eigenvalue weighted by Crippen LogP contribution is 2.21. The minimum atomic E-state index is -0.160. The predicted molar refractivity (Wildman–Crippen MR) is 64.1 cm³/mol. The molecule has 1 aliphatic rings. The number of carbonyl (C=O) groups is 1. The van der Waals surface area contributed by atoms with Crippen LogP contribution in [0.5, 0.6) is 0 Å². The molecule has 1 aliphatic carbocycles.